The normalized spacial score (nSPS) is 21.7. The van der Waals surface area contributed by atoms with Crippen molar-refractivity contribution in [2.45, 2.75) is 56.8 Å². The maximum atomic E-state index is 12.6. The summed E-state index contributed by atoms with van der Waals surface area (Å²) in [5.74, 6) is 1.12. The number of nitrogens with zero attached hydrogens (tertiary/aromatic N) is 2. The molecule has 1 saturated carbocycles. The van der Waals surface area contributed by atoms with Gasteiger partial charge in [0.15, 0.2) is 5.82 Å². The Morgan fingerprint density at radius 3 is 2.91 bits per heavy atom. The number of amides is 1. The number of aromatic amines is 2. The van der Waals surface area contributed by atoms with Crippen molar-refractivity contribution in [2.24, 2.45) is 0 Å². The molecule has 0 bridgehead atoms. The van der Waals surface area contributed by atoms with Crippen LogP contribution < -0.4 is 5.32 Å². The second-order valence-corrected chi connectivity index (χ2v) is 6.43. The smallest absolute Gasteiger partial charge is 0.233 e. The van der Waals surface area contributed by atoms with E-state index in [0.29, 0.717) is 11.7 Å². The van der Waals surface area contributed by atoms with Crippen molar-refractivity contribution in [2.75, 3.05) is 5.32 Å². The zero-order chi connectivity index (χ0) is 14.9. The van der Waals surface area contributed by atoms with Gasteiger partial charge >= 0.3 is 0 Å². The summed E-state index contributed by atoms with van der Waals surface area (Å²) >= 11 is 0. The van der Waals surface area contributed by atoms with Crippen LogP contribution >= 0.6 is 0 Å². The van der Waals surface area contributed by atoms with Gasteiger partial charge in [0.2, 0.25) is 5.91 Å². The fourth-order valence-electron chi connectivity index (χ4n) is 3.79. The van der Waals surface area contributed by atoms with Crippen molar-refractivity contribution in [1.82, 2.24) is 20.4 Å². The molecule has 6 heteroatoms. The van der Waals surface area contributed by atoms with Gasteiger partial charge in [0.1, 0.15) is 0 Å². The average molecular weight is 299 g/mol. The van der Waals surface area contributed by atoms with Crippen LogP contribution in [0.25, 0.3) is 0 Å². The molecule has 1 atom stereocenters. The molecule has 22 heavy (non-hydrogen) atoms. The Morgan fingerprint density at radius 2 is 2.05 bits per heavy atom. The Hall–Kier alpha value is -2.11. The summed E-state index contributed by atoms with van der Waals surface area (Å²) in [4.78, 5) is 12.6. The molecule has 0 radical (unpaired) electrons. The summed E-state index contributed by atoms with van der Waals surface area (Å²) in [6.07, 6.45) is 9.67. The number of hydrogen-bond donors (Lipinski definition) is 3. The van der Waals surface area contributed by atoms with E-state index >= 15 is 0 Å². The van der Waals surface area contributed by atoms with Crippen LogP contribution in [0.5, 0.6) is 0 Å². The lowest BCUT2D eigenvalue weighted by Crippen LogP contribution is -2.24. The van der Waals surface area contributed by atoms with Crippen LogP contribution in [-0.4, -0.2) is 26.3 Å². The van der Waals surface area contributed by atoms with Gasteiger partial charge in [-0.3, -0.25) is 15.0 Å². The van der Waals surface area contributed by atoms with E-state index in [-0.39, 0.29) is 11.8 Å². The van der Waals surface area contributed by atoms with E-state index in [1.807, 2.05) is 6.07 Å². The van der Waals surface area contributed by atoms with Crippen LogP contribution in [0.4, 0.5) is 5.82 Å². The van der Waals surface area contributed by atoms with Crippen molar-refractivity contribution >= 4 is 11.7 Å². The molecule has 0 aromatic carbocycles. The zero-order valence-corrected chi connectivity index (χ0v) is 12.6. The van der Waals surface area contributed by atoms with E-state index in [9.17, 15) is 4.79 Å². The van der Waals surface area contributed by atoms with Crippen molar-refractivity contribution in [3.05, 3.63) is 29.2 Å². The Bertz CT molecular complexity index is 668. The topological polar surface area (TPSA) is 86.5 Å². The molecule has 2 aliphatic rings. The highest BCUT2D eigenvalue weighted by Crippen LogP contribution is 2.34. The van der Waals surface area contributed by atoms with Gasteiger partial charge in [-0.1, -0.05) is 12.8 Å². The molecular formula is C16H21N5O. The van der Waals surface area contributed by atoms with E-state index in [4.69, 9.17) is 0 Å². The zero-order valence-electron chi connectivity index (χ0n) is 12.6. The number of carbonyl (C=O) groups excluding carboxylic acids is 1. The highest BCUT2D eigenvalue weighted by Gasteiger charge is 2.28. The minimum Gasteiger partial charge on any atom is -0.309 e. The predicted molar refractivity (Wildman–Crippen MR) is 82.7 cm³/mol. The number of aromatic nitrogens is 4. The number of anilines is 1. The van der Waals surface area contributed by atoms with E-state index in [0.717, 1.165) is 36.2 Å². The lowest BCUT2D eigenvalue weighted by molar-refractivity contribution is -0.117. The summed E-state index contributed by atoms with van der Waals surface area (Å²) < 4.78 is 0. The third kappa shape index (κ3) is 2.42. The molecule has 0 spiro atoms. The summed E-state index contributed by atoms with van der Waals surface area (Å²) in [5.41, 5.74) is 3.29. The molecule has 6 nitrogen and oxygen atoms in total. The quantitative estimate of drug-likeness (QED) is 0.814. The standard InChI is InChI=1S/C16H21N5O/c22-16(11-6-3-7-13-12(11)9-17-19-13)18-15-8-14(20-21-15)10-4-1-2-5-10/h8-11H,1-7H2,(H,17,19)(H2,18,20,21,22). The number of fused-ring (bicyclic) bond motifs is 1. The third-order valence-electron chi connectivity index (χ3n) is 5.01. The van der Waals surface area contributed by atoms with Crippen LogP contribution in [0.15, 0.2) is 12.3 Å². The predicted octanol–water partition coefficient (Wildman–Crippen LogP) is 2.85. The fourth-order valence-corrected chi connectivity index (χ4v) is 3.79. The van der Waals surface area contributed by atoms with Crippen molar-refractivity contribution in [3.8, 4) is 0 Å². The van der Waals surface area contributed by atoms with Gasteiger partial charge in [-0.25, -0.2) is 0 Å². The van der Waals surface area contributed by atoms with Gasteiger partial charge in [0.05, 0.1) is 12.1 Å². The first-order valence-electron chi connectivity index (χ1n) is 8.19. The number of H-pyrrole nitrogens is 2. The first-order valence-corrected chi connectivity index (χ1v) is 8.19. The molecule has 1 fully saturated rings. The van der Waals surface area contributed by atoms with Crippen LogP contribution in [0.1, 0.15) is 67.3 Å². The largest absolute Gasteiger partial charge is 0.309 e. The second kappa shape index (κ2) is 5.59. The van der Waals surface area contributed by atoms with Gasteiger partial charge < -0.3 is 5.32 Å². The Labute approximate surface area is 129 Å². The third-order valence-corrected chi connectivity index (χ3v) is 5.01. The fraction of sp³-hybridized carbons (Fsp3) is 0.562. The summed E-state index contributed by atoms with van der Waals surface area (Å²) in [5, 5.41) is 17.4. The summed E-state index contributed by atoms with van der Waals surface area (Å²) in [7, 11) is 0. The molecule has 1 unspecified atom stereocenters. The number of rotatable bonds is 3. The van der Waals surface area contributed by atoms with Gasteiger partial charge in [-0.2, -0.15) is 10.2 Å². The Morgan fingerprint density at radius 1 is 1.18 bits per heavy atom. The Kier molecular flexibility index (Phi) is 3.44. The first-order chi connectivity index (χ1) is 10.8. The van der Waals surface area contributed by atoms with Gasteiger partial charge in [-0.05, 0) is 32.1 Å². The summed E-state index contributed by atoms with van der Waals surface area (Å²) in [6, 6.07) is 1.99. The highest BCUT2D eigenvalue weighted by atomic mass is 16.2. The molecule has 116 valence electrons. The maximum Gasteiger partial charge on any atom is 0.233 e. The van der Waals surface area contributed by atoms with Crippen LogP contribution in [0, 0.1) is 0 Å². The van der Waals surface area contributed by atoms with Gasteiger partial charge in [0, 0.05) is 28.9 Å². The maximum absolute atomic E-state index is 12.6. The number of nitrogens with one attached hydrogen (secondary N) is 3. The number of carbonyl (C=O) groups is 1. The highest BCUT2D eigenvalue weighted by molar-refractivity contribution is 5.95. The average Bonchev–Trinajstić information content (AvgIpc) is 3.27. The Balaban J connectivity index is 1.46. The SMILES string of the molecule is O=C(Nc1cc(C2CCCC2)[nH]n1)C1CCCc2[nH]ncc21. The van der Waals surface area contributed by atoms with Crippen LogP contribution in [0.3, 0.4) is 0 Å². The molecule has 2 heterocycles. The number of hydrogen-bond acceptors (Lipinski definition) is 3. The van der Waals surface area contributed by atoms with Crippen molar-refractivity contribution in [3.63, 3.8) is 0 Å². The van der Waals surface area contributed by atoms with Crippen LogP contribution in [0.2, 0.25) is 0 Å². The van der Waals surface area contributed by atoms with Gasteiger partial charge in [0.25, 0.3) is 0 Å². The molecule has 2 aromatic rings. The lowest BCUT2D eigenvalue weighted by atomic mass is 9.86. The van der Waals surface area contributed by atoms with Crippen LogP contribution in [-0.2, 0) is 11.2 Å². The molecule has 4 rings (SSSR count). The molecule has 2 aliphatic carbocycles. The summed E-state index contributed by atoms with van der Waals surface area (Å²) in [6.45, 7) is 0. The first kappa shape index (κ1) is 13.5. The minimum atomic E-state index is -0.117. The molecule has 3 N–H and O–H groups in total. The second-order valence-electron chi connectivity index (χ2n) is 6.43. The minimum absolute atomic E-state index is 0.0202. The lowest BCUT2D eigenvalue weighted by Gasteiger charge is -2.20. The molecule has 2 aromatic heterocycles. The van der Waals surface area contributed by atoms with E-state index < -0.39 is 0 Å². The van der Waals surface area contributed by atoms with E-state index in [1.165, 1.54) is 25.7 Å². The number of aryl methyl sites for hydroxylation is 1. The van der Waals surface area contributed by atoms with Gasteiger partial charge in [-0.15, -0.1) is 0 Å². The molecule has 1 amide bonds. The molecule has 0 saturated heterocycles. The molecule has 0 aliphatic heterocycles. The molecular weight excluding hydrogens is 278 g/mol. The van der Waals surface area contributed by atoms with Crippen molar-refractivity contribution in [1.29, 1.82) is 0 Å². The van der Waals surface area contributed by atoms with E-state index in [1.54, 1.807) is 6.20 Å². The van der Waals surface area contributed by atoms with E-state index in [2.05, 4.69) is 25.7 Å². The monoisotopic (exact) mass is 299 g/mol. The van der Waals surface area contributed by atoms with Crippen molar-refractivity contribution < 1.29 is 4.79 Å².